The molecule has 130 valence electrons. The van der Waals surface area contributed by atoms with Crippen LogP contribution >= 0.6 is 15.9 Å². The minimum absolute atomic E-state index is 0.0468. The number of nitriles is 1. The molecule has 2 aromatic rings. The van der Waals surface area contributed by atoms with E-state index in [1.807, 2.05) is 0 Å². The highest BCUT2D eigenvalue weighted by Gasteiger charge is 2.23. The Kier molecular flexibility index (Phi) is 4.86. The summed E-state index contributed by atoms with van der Waals surface area (Å²) in [5, 5.41) is 23.1. The smallest absolute Gasteiger partial charge is 0.280 e. The lowest BCUT2D eigenvalue weighted by Crippen LogP contribution is -2.13. The molecule has 3 rings (SSSR count). The van der Waals surface area contributed by atoms with Gasteiger partial charge in [-0.05, 0) is 36.4 Å². The van der Waals surface area contributed by atoms with E-state index in [9.17, 15) is 20.2 Å². The van der Waals surface area contributed by atoms with Gasteiger partial charge in [-0.1, -0.05) is 15.9 Å². The average Bonchev–Trinajstić information content (AvgIpc) is 3.08. The lowest BCUT2D eigenvalue weighted by molar-refractivity contribution is -0.385. The normalized spacial score (nSPS) is 12.4. The molecule has 1 heterocycles. The number of anilines is 1. The number of carbonyl (C=O) groups excluding carboxylic acids is 1. The van der Waals surface area contributed by atoms with Gasteiger partial charge in [0.15, 0.2) is 11.5 Å². The lowest BCUT2D eigenvalue weighted by Gasteiger charge is -2.05. The Hall–Kier alpha value is -3.38. The maximum Gasteiger partial charge on any atom is 0.280 e. The summed E-state index contributed by atoms with van der Waals surface area (Å²) in [5.41, 5.74) is -0.0189. The van der Waals surface area contributed by atoms with Gasteiger partial charge in [0.1, 0.15) is 11.6 Å². The van der Waals surface area contributed by atoms with Crippen molar-refractivity contribution in [2.45, 2.75) is 0 Å². The van der Waals surface area contributed by atoms with Crippen LogP contribution in [0.5, 0.6) is 11.5 Å². The Morgan fingerprint density at radius 1 is 1.27 bits per heavy atom. The quantitative estimate of drug-likeness (QED) is 0.352. The molecule has 1 aliphatic heterocycles. The van der Waals surface area contributed by atoms with E-state index in [2.05, 4.69) is 21.2 Å². The Morgan fingerprint density at radius 3 is 2.54 bits per heavy atom. The largest absolute Gasteiger partial charge is 0.454 e. The number of hydrogen-bond acceptors (Lipinski definition) is 6. The van der Waals surface area contributed by atoms with Crippen LogP contribution in [0.25, 0.3) is 6.08 Å². The molecule has 26 heavy (non-hydrogen) atoms. The summed E-state index contributed by atoms with van der Waals surface area (Å²) in [4.78, 5) is 23.0. The molecular formula is C17H10BrN3O5. The molecule has 0 aromatic heterocycles. The van der Waals surface area contributed by atoms with Gasteiger partial charge in [-0.25, -0.2) is 0 Å². The zero-order valence-corrected chi connectivity index (χ0v) is 14.6. The Morgan fingerprint density at radius 2 is 1.92 bits per heavy atom. The van der Waals surface area contributed by atoms with Crippen molar-refractivity contribution in [1.82, 2.24) is 0 Å². The summed E-state index contributed by atoms with van der Waals surface area (Å²) in [6.45, 7) is -0.0468. The van der Waals surface area contributed by atoms with Crippen LogP contribution in [-0.2, 0) is 4.79 Å². The summed E-state index contributed by atoms with van der Waals surface area (Å²) >= 11 is 3.28. The molecule has 1 aliphatic rings. The van der Waals surface area contributed by atoms with Crippen LogP contribution in [-0.4, -0.2) is 17.6 Å². The van der Waals surface area contributed by atoms with Crippen LogP contribution in [0.15, 0.2) is 46.4 Å². The summed E-state index contributed by atoms with van der Waals surface area (Å²) in [5.74, 6) is -0.124. The molecule has 0 spiro atoms. The van der Waals surface area contributed by atoms with E-state index in [-0.39, 0.29) is 29.4 Å². The molecular weight excluding hydrogens is 406 g/mol. The number of benzene rings is 2. The third-order valence-electron chi connectivity index (χ3n) is 3.49. The number of amides is 1. The standard InChI is InChI=1S/C17H10BrN3O5/c18-12-1-3-13(4-2-12)20-17(22)11(8-19)5-10-6-15-16(26-9-25-15)7-14(10)21(23)24/h1-7H,9H2,(H,20,22)/b11-5+. The zero-order valence-electron chi connectivity index (χ0n) is 13.1. The van der Waals surface area contributed by atoms with E-state index >= 15 is 0 Å². The van der Waals surface area contributed by atoms with Crippen LogP contribution in [0.3, 0.4) is 0 Å². The Balaban J connectivity index is 1.93. The van der Waals surface area contributed by atoms with Gasteiger partial charge in [-0.3, -0.25) is 14.9 Å². The highest BCUT2D eigenvalue weighted by Crippen LogP contribution is 2.38. The fourth-order valence-corrected chi connectivity index (χ4v) is 2.52. The van der Waals surface area contributed by atoms with Crippen molar-refractivity contribution in [1.29, 1.82) is 5.26 Å². The van der Waals surface area contributed by atoms with E-state index in [0.717, 1.165) is 10.5 Å². The molecule has 1 N–H and O–H groups in total. The fraction of sp³-hybridized carbons (Fsp3) is 0.0588. The first kappa shape index (κ1) is 17.4. The minimum atomic E-state index is -0.679. The summed E-state index contributed by atoms with van der Waals surface area (Å²) < 4.78 is 11.1. The highest BCUT2D eigenvalue weighted by atomic mass is 79.9. The van der Waals surface area contributed by atoms with Crippen LogP contribution in [0, 0.1) is 21.4 Å². The van der Waals surface area contributed by atoms with E-state index in [4.69, 9.17) is 9.47 Å². The summed E-state index contributed by atoms with van der Waals surface area (Å²) in [6.07, 6.45) is 1.15. The Labute approximate surface area is 155 Å². The molecule has 0 aliphatic carbocycles. The van der Waals surface area contributed by atoms with Gasteiger partial charge < -0.3 is 14.8 Å². The highest BCUT2D eigenvalue weighted by molar-refractivity contribution is 9.10. The number of rotatable bonds is 4. The Bertz CT molecular complexity index is 964. The van der Waals surface area contributed by atoms with Crippen LogP contribution in [0.1, 0.15) is 5.56 Å². The number of nitro benzene ring substituents is 1. The molecule has 0 radical (unpaired) electrons. The van der Waals surface area contributed by atoms with Gasteiger partial charge >= 0.3 is 0 Å². The predicted octanol–water partition coefficient (Wildman–Crippen LogP) is 3.63. The van der Waals surface area contributed by atoms with Crippen molar-refractivity contribution in [2.24, 2.45) is 0 Å². The maximum atomic E-state index is 12.3. The fourth-order valence-electron chi connectivity index (χ4n) is 2.26. The van der Waals surface area contributed by atoms with Gasteiger partial charge in [-0.2, -0.15) is 5.26 Å². The second kappa shape index (κ2) is 7.25. The second-order valence-electron chi connectivity index (χ2n) is 5.15. The van der Waals surface area contributed by atoms with Crippen molar-refractivity contribution < 1.29 is 19.2 Å². The zero-order chi connectivity index (χ0) is 18.7. The number of fused-ring (bicyclic) bond motifs is 1. The van der Waals surface area contributed by atoms with Crippen LogP contribution < -0.4 is 14.8 Å². The summed E-state index contributed by atoms with van der Waals surface area (Å²) in [7, 11) is 0. The van der Waals surface area contributed by atoms with Crippen molar-refractivity contribution in [3.63, 3.8) is 0 Å². The molecule has 2 aromatic carbocycles. The number of nitro groups is 1. The van der Waals surface area contributed by atoms with E-state index in [1.165, 1.54) is 12.1 Å². The van der Waals surface area contributed by atoms with Crippen LogP contribution in [0.2, 0.25) is 0 Å². The first-order valence-corrected chi connectivity index (χ1v) is 8.04. The minimum Gasteiger partial charge on any atom is -0.454 e. The number of hydrogen-bond donors (Lipinski definition) is 1. The monoisotopic (exact) mass is 415 g/mol. The second-order valence-corrected chi connectivity index (χ2v) is 6.07. The molecule has 0 saturated carbocycles. The number of halogens is 1. The number of nitrogens with zero attached hydrogens (tertiary/aromatic N) is 2. The topological polar surface area (TPSA) is 114 Å². The molecule has 0 atom stereocenters. The molecule has 9 heteroatoms. The van der Waals surface area contributed by atoms with Crippen molar-refractivity contribution in [3.05, 3.63) is 62.1 Å². The van der Waals surface area contributed by atoms with E-state index < -0.39 is 10.8 Å². The third kappa shape index (κ3) is 3.65. The first-order chi connectivity index (χ1) is 12.5. The van der Waals surface area contributed by atoms with Crippen molar-refractivity contribution >= 4 is 39.3 Å². The SMILES string of the molecule is N#C/C(=C\c1cc2c(cc1[N+](=O)[O-])OCO2)C(=O)Nc1ccc(Br)cc1. The summed E-state index contributed by atoms with van der Waals surface area (Å²) in [6, 6.07) is 11.1. The van der Waals surface area contributed by atoms with Gasteiger partial charge in [0.05, 0.1) is 16.6 Å². The molecule has 1 amide bonds. The van der Waals surface area contributed by atoms with Gasteiger partial charge in [0.25, 0.3) is 11.6 Å². The number of nitrogens with one attached hydrogen (secondary N) is 1. The lowest BCUT2D eigenvalue weighted by atomic mass is 10.1. The molecule has 0 bridgehead atoms. The number of ether oxygens (including phenoxy) is 2. The number of carbonyl (C=O) groups is 1. The van der Waals surface area contributed by atoms with Crippen molar-refractivity contribution in [3.8, 4) is 17.6 Å². The third-order valence-corrected chi connectivity index (χ3v) is 4.01. The van der Waals surface area contributed by atoms with E-state index in [1.54, 1.807) is 30.3 Å². The van der Waals surface area contributed by atoms with Gasteiger partial charge in [-0.15, -0.1) is 0 Å². The molecule has 0 unspecified atom stereocenters. The van der Waals surface area contributed by atoms with Crippen LogP contribution in [0.4, 0.5) is 11.4 Å². The predicted molar refractivity (Wildman–Crippen MR) is 95.6 cm³/mol. The average molecular weight is 416 g/mol. The maximum absolute atomic E-state index is 12.3. The van der Waals surface area contributed by atoms with Gasteiger partial charge in [0, 0.05) is 10.2 Å². The molecule has 8 nitrogen and oxygen atoms in total. The molecule has 0 fully saturated rings. The van der Waals surface area contributed by atoms with E-state index in [0.29, 0.717) is 11.4 Å². The van der Waals surface area contributed by atoms with Gasteiger partial charge in [0.2, 0.25) is 6.79 Å². The first-order valence-electron chi connectivity index (χ1n) is 7.24. The molecule has 0 saturated heterocycles. The van der Waals surface area contributed by atoms with Crippen molar-refractivity contribution in [2.75, 3.05) is 12.1 Å².